The number of hydrogen-bond donors (Lipinski definition) is 0. The van der Waals surface area contributed by atoms with E-state index in [0.29, 0.717) is 35.9 Å². The minimum absolute atomic E-state index is 0.0252. The summed E-state index contributed by atoms with van der Waals surface area (Å²) < 4.78 is 0. The van der Waals surface area contributed by atoms with Crippen LogP contribution in [0.4, 0.5) is 0 Å². The molecule has 0 aliphatic carbocycles. The number of rotatable bonds is 1. The molecule has 0 N–H and O–H groups in total. The summed E-state index contributed by atoms with van der Waals surface area (Å²) in [4.78, 5) is 37.3. The number of hydrogen-bond acceptors (Lipinski definition) is 4. The third-order valence-corrected chi connectivity index (χ3v) is 5.47. The standard InChI is InChI=1S/C17H22N4O2/c1-11-6-19-14(7-18-11)17(23)20-8-12-5-13(10-20)15-3-2-4-16(22)21(15)9-12/h6-7,12-13,15H,2-5,8-10H2,1H3/t12?,13?,15-/m0/s1. The SMILES string of the molecule is Cc1cnc(C(=O)N2CC3CC(C2)[C@@H]2CCCC(=O)N2C3)cn1. The van der Waals surface area contributed by atoms with Gasteiger partial charge in [0.1, 0.15) is 5.69 Å². The molecule has 6 heteroatoms. The first-order valence-electron chi connectivity index (χ1n) is 8.49. The molecule has 4 rings (SSSR count). The lowest BCUT2D eigenvalue weighted by molar-refractivity contribution is -0.144. The van der Waals surface area contributed by atoms with Gasteiger partial charge in [0.25, 0.3) is 5.91 Å². The van der Waals surface area contributed by atoms with Gasteiger partial charge in [-0.25, -0.2) is 4.98 Å². The molecule has 1 aromatic rings. The monoisotopic (exact) mass is 314 g/mol. The van der Waals surface area contributed by atoms with Gasteiger partial charge in [-0.3, -0.25) is 14.6 Å². The molecular formula is C17H22N4O2. The molecule has 0 spiro atoms. The highest BCUT2D eigenvalue weighted by Gasteiger charge is 2.44. The second-order valence-corrected chi connectivity index (χ2v) is 7.12. The molecule has 3 atom stereocenters. The smallest absolute Gasteiger partial charge is 0.274 e. The van der Waals surface area contributed by atoms with Crippen molar-refractivity contribution in [2.45, 2.75) is 38.6 Å². The van der Waals surface area contributed by atoms with E-state index in [1.54, 1.807) is 12.4 Å². The highest BCUT2D eigenvalue weighted by molar-refractivity contribution is 5.92. The molecule has 4 heterocycles. The fourth-order valence-electron chi connectivity index (χ4n) is 4.44. The van der Waals surface area contributed by atoms with E-state index < -0.39 is 0 Å². The summed E-state index contributed by atoms with van der Waals surface area (Å²) in [5.74, 6) is 1.09. The maximum Gasteiger partial charge on any atom is 0.274 e. The molecular weight excluding hydrogens is 292 g/mol. The van der Waals surface area contributed by atoms with Crippen LogP contribution in [0.1, 0.15) is 41.9 Å². The molecule has 0 radical (unpaired) electrons. The van der Waals surface area contributed by atoms with E-state index in [2.05, 4.69) is 14.9 Å². The summed E-state index contributed by atoms with van der Waals surface area (Å²) in [6.45, 7) is 4.13. The number of carbonyl (C=O) groups is 2. The van der Waals surface area contributed by atoms with Crippen LogP contribution < -0.4 is 0 Å². The Morgan fingerprint density at radius 2 is 2.09 bits per heavy atom. The number of carbonyl (C=O) groups excluding carboxylic acids is 2. The summed E-state index contributed by atoms with van der Waals surface area (Å²) in [5, 5.41) is 0. The van der Waals surface area contributed by atoms with E-state index in [9.17, 15) is 9.59 Å². The third kappa shape index (κ3) is 2.60. The Balaban J connectivity index is 1.52. The molecule has 122 valence electrons. The van der Waals surface area contributed by atoms with Gasteiger partial charge in [-0.05, 0) is 38.0 Å². The number of aromatic nitrogens is 2. The summed E-state index contributed by atoms with van der Waals surface area (Å²) >= 11 is 0. The van der Waals surface area contributed by atoms with E-state index in [4.69, 9.17) is 0 Å². The van der Waals surface area contributed by atoms with Gasteiger partial charge in [0.15, 0.2) is 0 Å². The predicted octanol–water partition coefficient (Wildman–Crippen LogP) is 1.26. The predicted molar refractivity (Wildman–Crippen MR) is 83.6 cm³/mol. The van der Waals surface area contributed by atoms with Crippen molar-refractivity contribution in [3.63, 3.8) is 0 Å². The topological polar surface area (TPSA) is 66.4 Å². The Labute approximate surface area is 135 Å². The van der Waals surface area contributed by atoms with Gasteiger partial charge >= 0.3 is 0 Å². The first-order valence-corrected chi connectivity index (χ1v) is 8.49. The van der Waals surface area contributed by atoms with Crippen molar-refractivity contribution in [1.29, 1.82) is 0 Å². The highest BCUT2D eigenvalue weighted by Crippen LogP contribution is 2.38. The van der Waals surface area contributed by atoms with Gasteiger partial charge in [0, 0.05) is 38.3 Å². The largest absolute Gasteiger partial charge is 0.339 e. The molecule has 1 aromatic heterocycles. The minimum Gasteiger partial charge on any atom is -0.339 e. The Hall–Kier alpha value is -1.98. The molecule has 2 unspecified atom stereocenters. The number of piperidine rings is 3. The van der Waals surface area contributed by atoms with Crippen LogP contribution in [0.15, 0.2) is 12.4 Å². The lowest BCUT2D eigenvalue weighted by Gasteiger charge is -2.52. The summed E-state index contributed by atoms with van der Waals surface area (Å²) in [5.41, 5.74) is 1.24. The van der Waals surface area contributed by atoms with Crippen LogP contribution >= 0.6 is 0 Å². The normalized spacial score (nSPS) is 30.1. The quantitative estimate of drug-likeness (QED) is 0.783. The number of likely N-dealkylation sites (tertiary alicyclic amines) is 1. The lowest BCUT2D eigenvalue weighted by atomic mass is 9.76. The third-order valence-electron chi connectivity index (χ3n) is 5.47. The Morgan fingerprint density at radius 1 is 1.22 bits per heavy atom. The highest BCUT2D eigenvalue weighted by atomic mass is 16.2. The van der Waals surface area contributed by atoms with E-state index in [-0.39, 0.29) is 5.91 Å². The number of amides is 2. The maximum atomic E-state index is 12.7. The van der Waals surface area contributed by atoms with Gasteiger partial charge < -0.3 is 9.80 Å². The van der Waals surface area contributed by atoms with E-state index >= 15 is 0 Å². The molecule has 3 aliphatic heterocycles. The fourth-order valence-corrected chi connectivity index (χ4v) is 4.44. The molecule has 23 heavy (non-hydrogen) atoms. The van der Waals surface area contributed by atoms with Crippen LogP contribution in [0, 0.1) is 18.8 Å². The second-order valence-electron chi connectivity index (χ2n) is 7.12. The zero-order chi connectivity index (χ0) is 16.0. The van der Waals surface area contributed by atoms with Crippen molar-refractivity contribution in [1.82, 2.24) is 19.8 Å². The van der Waals surface area contributed by atoms with Crippen LogP contribution in [0.3, 0.4) is 0 Å². The first kappa shape index (κ1) is 14.6. The van der Waals surface area contributed by atoms with Gasteiger partial charge in [0.05, 0.1) is 11.9 Å². The van der Waals surface area contributed by atoms with Crippen molar-refractivity contribution < 1.29 is 9.59 Å². The van der Waals surface area contributed by atoms with Gasteiger partial charge in [-0.1, -0.05) is 0 Å². The van der Waals surface area contributed by atoms with Crippen LogP contribution in [-0.2, 0) is 4.79 Å². The zero-order valence-electron chi connectivity index (χ0n) is 13.4. The maximum absolute atomic E-state index is 12.7. The Kier molecular flexibility index (Phi) is 3.54. The van der Waals surface area contributed by atoms with Crippen molar-refractivity contribution >= 4 is 11.8 Å². The van der Waals surface area contributed by atoms with Crippen molar-refractivity contribution in [3.05, 3.63) is 23.8 Å². The average molecular weight is 314 g/mol. The van der Waals surface area contributed by atoms with Crippen LogP contribution in [0.5, 0.6) is 0 Å². The first-order chi connectivity index (χ1) is 11.1. The molecule has 6 nitrogen and oxygen atoms in total. The van der Waals surface area contributed by atoms with Crippen LogP contribution in [-0.4, -0.2) is 57.3 Å². The Morgan fingerprint density at radius 3 is 2.87 bits per heavy atom. The van der Waals surface area contributed by atoms with E-state index in [1.807, 2.05) is 11.8 Å². The molecule has 2 amide bonds. The number of fused-ring (bicyclic) bond motifs is 4. The van der Waals surface area contributed by atoms with E-state index in [1.165, 1.54) is 0 Å². The van der Waals surface area contributed by atoms with Gasteiger partial charge in [0.2, 0.25) is 5.91 Å². The lowest BCUT2D eigenvalue weighted by Crippen LogP contribution is -2.61. The molecule has 0 saturated carbocycles. The average Bonchev–Trinajstić information content (AvgIpc) is 2.56. The molecule has 3 saturated heterocycles. The van der Waals surface area contributed by atoms with Crippen molar-refractivity contribution in [2.75, 3.05) is 19.6 Å². The van der Waals surface area contributed by atoms with Crippen LogP contribution in [0.2, 0.25) is 0 Å². The van der Waals surface area contributed by atoms with Gasteiger partial charge in [-0.2, -0.15) is 0 Å². The molecule has 2 bridgehead atoms. The molecule has 3 aliphatic rings. The minimum atomic E-state index is -0.0252. The van der Waals surface area contributed by atoms with Crippen molar-refractivity contribution in [2.24, 2.45) is 11.8 Å². The fraction of sp³-hybridized carbons (Fsp3) is 0.647. The van der Waals surface area contributed by atoms with Crippen molar-refractivity contribution in [3.8, 4) is 0 Å². The van der Waals surface area contributed by atoms with Gasteiger partial charge in [-0.15, -0.1) is 0 Å². The molecule has 3 fully saturated rings. The number of nitrogens with zero attached hydrogens (tertiary/aromatic N) is 4. The second kappa shape index (κ2) is 5.58. The summed E-state index contributed by atoms with van der Waals surface area (Å²) in [6, 6.07) is 0.326. The Bertz CT molecular complexity index is 630. The zero-order valence-corrected chi connectivity index (χ0v) is 13.4. The molecule has 0 aromatic carbocycles. The summed E-state index contributed by atoms with van der Waals surface area (Å²) in [7, 11) is 0. The summed E-state index contributed by atoms with van der Waals surface area (Å²) in [6.07, 6.45) is 7.10. The van der Waals surface area contributed by atoms with Crippen LogP contribution in [0.25, 0.3) is 0 Å². The number of aryl methyl sites for hydroxylation is 1. The van der Waals surface area contributed by atoms with E-state index in [0.717, 1.165) is 44.6 Å².